The van der Waals surface area contributed by atoms with Gasteiger partial charge in [-0.1, -0.05) is 18.2 Å². The van der Waals surface area contributed by atoms with Crippen LogP contribution in [-0.2, 0) is 9.84 Å². The highest BCUT2D eigenvalue weighted by Gasteiger charge is 2.39. The number of rotatable bonds is 3. The van der Waals surface area contributed by atoms with Crippen LogP contribution >= 0.6 is 11.3 Å². The summed E-state index contributed by atoms with van der Waals surface area (Å²) in [4.78, 5) is 15.7. The third kappa shape index (κ3) is 3.01. The van der Waals surface area contributed by atoms with Gasteiger partial charge in [0, 0.05) is 18.6 Å². The topological polar surface area (TPSA) is 66.5 Å². The number of hydrogen-bond acceptors (Lipinski definition) is 5. The second-order valence-electron chi connectivity index (χ2n) is 6.53. The lowest BCUT2D eigenvalue weighted by Gasteiger charge is -2.27. The second kappa shape index (κ2) is 6.55. The summed E-state index contributed by atoms with van der Waals surface area (Å²) in [6, 6.07) is 12.0. The van der Waals surface area contributed by atoms with Gasteiger partial charge in [-0.15, -0.1) is 11.3 Å². The van der Waals surface area contributed by atoms with Crippen molar-refractivity contribution in [1.82, 2.24) is 10.2 Å². The van der Waals surface area contributed by atoms with E-state index in [1.54, 1.807) is 42.5 Å². The minimum atomic E-state index is -3.57. The molecule has 1 aromatic carbocycles. The molecule has 1 N–H and O–H groups in total. The normalized spacial score (nSPS) is 23.4. The molecule has 2 bridgehead atoms. The lowest BCUT2D eigenvalue weighted by molar-refractivity contribution is 0.0685. The molecule has 1 aromatic heterocycles. The van der Waals surface area contributed by atoms with Gasteiger partial charge in [0.1, 0.15) is 4.21 Å². The van der Waals surface area contributed by atoms with Crippen LogP contribution in [0.25, 0.3) is 0 Å². The maximum absolute atomic E-state index is 13.0. The van der Waals surface area contributed by atoms with Crippen LogP contribution in [0.1, 0.15) is 28.9 Å². The molecule has 0 spiro atoms. The predicted molar refractivity (Wildman–Crippen MR) is 96.7 cm³/mol. The Kier molecular flexibility index (Phi) is 4.39. The van der Waals surface area contributed by atoms with Crippen LogP contribution in [0.15, 0.2) is 51.6 Å². The van der Waals surface area contributed by atoms with Gasteiger partial charge in [-0.05, 0) is 50.1 Å². The molecule has 3 heterocycles. The van der Waals surface area contributed by atoms with Gasteiger partial charge in [-0.3, -0.25) is 4.79 Å². The van der Waals surface area contributed by atoms with Crippen molar-refractivity contribution in [3.05, 3.63) is 47.3 Å². The molecule has 0 aliphatic carbocycles. The smallest absolute Gasteiger partial charge is 0.264 e. The summed E-state index contributed by atoms with van der Waals surface area (Å²) in [5.74, 6) is -0.0317. The van der Waals surface area contributed by atoms with Crippen molar-refractivity contribution in [1.29, 1.82) is 0 Å². The SMILES string of the molecule is O=C(c1ccc(S(=O)(=O)c2ccccc2)s1)N1C2CCNCC1CC2. The average Bonchev–Trinajstić information content (AvgIpc) is 3.19. The summed E-state index contributed by atoms with van der Waals surface area (Å²) in [6.07, 6.45) is 3.02. The maximum atomic E-state index is 13.0. The van der Waals surface area contributed by atoms with E-state index >= 15 is 0 Å². The van der Waals surface area contributed by atoms with Gasteiger partial charge >= 0.3 is 0 Å². The van der Waals surface area contributed by atoms with Crippen LogP contribution in [0, 0.1) is 0 Å². The van der Waals surface area contributed by atoms with E-state index < -0.39 is 9.84 Å². The van der Waals surface area contributed by atoms with Crippen molar-refractivity contribution in [3.63, 3.8) is 0 Å². The van der Waals surface area contributed by atoms with Gasteiger partial charge in [-0.25, -0.2) is 8.42 Å². The molecule has 0 radical (unpaired) electrons. The first-order chi connectivity index (χ1) is 12.1. The fourth-order valence-corrected chi connectivity index (χ4v) is 6.41. The van der Waals surface area contributed by atoms with E-state index in [0.29, 0.717) is 4.88 Å². The Morgan fingerprint density at radius 2 is 1.80 bits per heavy atom. The van der Waals surface area contributed by atoms with Crippen LogP contribution in [0.3, 0.4) is 0 Å². The van der Waals surface area contributed by atoms with Crippen LogP contribution in [0.2, 0.25) is 0 Å². The molecule has 5 nitrogen and oxygen atoms in total. The highest BCUT2D eigenvalue weighted by Crippen LogP contribution is 2.33. The minimum Gasteiger partial charge on any atom is -0.331 e. The Hall–Kier alpha value is -1.70. The van der Waals surface area contributed by atoms with Crippen LogP contribution in [0.4, 0.5) is 0 Å². The maximum Gasteiger partial charge on any atom is 0.264 e. The number of fused-ring (bicyclic) bond motifs is 2. The van der Waals surface area contributed by atoms with Crippen molar-refractivity contribution in [2.75, 3.05) is 13.1 Å². The molecule has 2 unspecified atom stereocenters. The van der Waals surface area contributed by atoms with Gasteiger partial charge in [0.2, 0.25) is 9.84 Å². The molecule has 2 aliphatic rings. The van der Waals surface area contributed by atoms with E-state index in [4.69, 9.17) is 0 Å². The van der Waals surface area contributed by atoms with Gasteiger partial charge in [0.15, 0.2) is 0 Å². The summed E-state index contributed by atoms with van der Waals surface area (Å²) in [5.41, 5.74) is 0. The Morgan fingerprint density at radius 1 is 1.04 bits per heavy atom. The molecule has 1 amide bonds. The van der Waals surface area contributed by atoms with E-state index in [1.807, 2.05) is 4.90 Å². The zero-order chi connectivity index (χ0) is 17.4. The molecule has 7 heteroatoms. The van der Waals surface area contributed by atoms with Crippen molar-refractivity contribution in [2.24, 2.45) is 0 Å². The van der Waals surface area contributed by atoms with Crippen LogP contribution in [0.5, 0.6) is 0 Å². The van der Waals surface area contributed by atoms with Crippen molar-refractivity contribution in [2.45, 2.75) is 40.5 Å². The zero-order valence-electron chi connectivity index (χ0n) is 13.7. The predicted octanol–water partition coefficient (Wildman–Crippen LogP) is 2.55. The molecule has 2 aliphatic heterocycles. The lowest BCUT2D eigenvalue weighted by Crippen LogP contribution is -2.42. The molecule has 25 heavy (non-hydrogen) atoms. The fraction of sp³-hybridized carbons (Fsp3) is 0.389. The third-order valence-corrected chi connectivity index (χ3v) is 8.33. The Labute approximate surface area is 151 Å². The van der Waals surface area contributed by atoms with Gasteiger partial charge in [-0.2, -0.15) is 0 Å². The number of thiophene rings is 1. The highest BCUT2D eigenvalue weighted by molar-refractivity contribution is 7.93. The molecule has 0 saturated carbocycles. The number of amides is 1. The first-order valence-corrected chi connectivity index (χ1v) is 10.8. The highest BCUT2D eigenvalue weighted by atomic mass is 32.2. The summed E-state index contributed by atoms with van der Waals surface area (Å²) in [7, 11) is -3.57. The van der Waals surface area contributed by atoms with E-state index in [0.717, 1.165) is 43.7 Å². The molecule has 132 valence electrons. The summed E-state index contributed by atoms with van der Waals surface area (Å²) in [5, 5.41) is 3.38. The lowest BCUT2D eigenvalue weighted by atomic mass is 10.1. The summed E-state index contributed by atoms with van der Waals surface area (Å²) >= 11 is 1.08. The van der Waals surface area contributed by atoms with Gasteiger partial charge < -0.3 is 10.2 Å². The Bertz CT molecular complexity index is 863. The summed E-state index contributed by atoms with van der Waals surface area (Å²) in [6.45, 7) is 1.76. The molecular formula is C18H20N2O3S2. The van der Waals surface area contributed by atoms with Crippen LogP contribution in [-0.4, -0.2) is 44.4 Å². The van der Waals surface area contributed by atoms with E-state index in [2.05, 4.69) is 5.32 Å². The number of nitrogens with zero attached hydrogens (tertiary/aromatic N) is 1. The van der Waals surface area contributed by atoms with E-state index in [9.17, 15) is 13.2 Å². The van der Waals surface area contributed by atoms with Crippen molar-refractivity contribution >= 4 is 27.1 Å². The van der Waals surface area contributed by atoms with E-state index in [1.165, 1.54) is 0 Å². The molecule has 4 rings (SSSR count). The largest absolute Gasteiger partial charge is 0.331 e. The average molecular weight is 377 g/mol. The number of carbonyl (C=O) groups is 1. The number of hydrogen-bond donors (Lipinski definition) is 1. The van der Waals surface area contributed by atoms with Crippen LogP contribution < -0.4 is 5.32 Å². The fourth-order valence-electron chi connectivity index (χ4n) is 3.74. The minimum absolute atomic E-state index is 0.0317. The molecule has 2 aromatic rings. The third-order valence-electron chi connectivity index (χ3n) is 5.00. The van der Waals surface area contributed by atoms with E-state index in [-0.39, 0.29) is 27.1 Å². The Morgan fingerprint density at radius 3 is 2.60 bits per heavy atom. The first-order valence-electron chi connectivity index (χ1n) is 8.51. The van der Waals surface area contributed by atoms with Crippen molar-refractivity contribution < 1.29 is 13.2 Å². The number of nitrogens with one attached hydrogen (secondary N) is 1. The molecule has 2 atom stereocenters. The second-order valence-corrected chi connectivity index (χ2v) is 9.79. The van der Waals surface area contributed by atoms with Crippen molar-refractivity contribution in [3.8, 4) is 0 Å². The van der Waals surface area contributed by atoms with Gasteiger partial charge in [0.05, 0.1) is 9.77 Å². The number of sulfone groups is 1. The first kappa shape index (κ1) is 16.8. The molecule has 2 fully saturated rings. The monoisotopic (exact) mass is 376 g/mol. The quantitative estimate of drug-likeness (QED) is 0.894. The molecule has 2 saturated heterocycles. The number of carbonyl (C=O) groups excluding carboxylic acids is 1. The molecular weight excluding hydrogens is 356 g/mol. The number of benzene rings is 1. The Balaban J connectivity index is 1.62. The van der Waals surface area contributed by atoms with Gasteiger partial charge in [0.25, 0.3) is 5.91 Å². The zero-order valence-corrected chi connectivity index (χ0v) is 15.4. The summed E-state index contributed by atoms with van der Waals surface area (Å²) < 4.78 is 25.7. The standard InChI is InChI=1S/C18H20N2O3S2/c21-18(20-13-6-7-14(20)12-19-11-10-13)16-8-9-17(24-16)25(22,23)15-4-2-1-3-5-15/h1-5,8-9,13-14,19H,6-7,10-12H2.